The largest absolute Gasteiger partial charge is 0.480 e. The van der Waals surface area contributed by atoms with Gasteiger partial charge in [0.15, 0.2) is 0 Å². The monoisotopic (exact) mass is 379 g/mol. The van der Waals surface area contributed by atoms with Gasteiger partial charge in [0.2, 0.25) is 11.8 Å². The van der Waals surface area contributed by atoms with E-state index in [2.05, 4.69) is 16.0 Å². The molecule has 1 heterocycles. The van der Waals surface area contributed by atoms with Crippen LogP contribution in [-0.4, -0.2) is 51.6 Å². The van der Waals surface area contributed by atoms with E-state index < -0.39 is 28.2 Å². The van der Waals surface area contributed by atoms with Crippen LogP contribution >= 0.6 is 11.8 Å². The number of likely N-dealkylation sites (N-methyl/N-ethyl adjacent to an activating group) is 1. The maximum atomic E-state index is 12.5. The molecule has 1 aromatic rings. The Labute approximate surface area is 157 Å². The molecule has 8 heteroatoms. The summed E-state index contributed by atoms with van der Waals surface area (Å²) in [5.41, 5.74) is 0.843. The molecule has 0 radical (unpaired) electrons. The van der Waals surface area contributed by atoms with Crippen molar-refractivity contribution in [3.05, 3.63) is 35.9 Å². The molecule has 1 aromatic carbocycles. The fourth-order valence-corrected chi connectivity index (χ4v) is 4.39. The molecule has 1 fully saturated rings. The molecule has 3 atom stereocenters. The predicted octanol–water partition coefficient (Wildman–Crippen LogP) is 0.744. The third-order valence-electron chi connectivity index (χ3n) is 4.16. The summed E-state index contributed by atoms with van der Waals surface area (Å²) in [6, 6.07) is 7.57. The van der Waals surface area contributed by atoms with E-state index in [4.69, 9.17) is 0 Å². The number of hydrogen-bond donors (Lipinski definition) is 4. The van der Waals surface area contributed by atoms with E-state index >= 15 is 0 Å². The van der Waals surface area contributed by atoms with E-state index in [1.165, 1.54) is 11.8 Å². The Hall–Kier alpha value is -2.06. The van der Waals surface area contributed by atoms with Crippen molar-refractivity contribution in [2.45, 2.75) is 49.4 Å². The second-order valence-corrected chi connectivity index (χ2v) is 8.48. The van der Waals surface area contributed by atoms with E-state index in [9.17, 15) is 19.5 Å². The lowest BCUT2D eigenvalue weighted by molar-refractivity contribution is -0.140. The molecule has 7 nitrogen and oxygen atoms in total. The fourth-order valence-electron chi connectivity index (χ4n) is 2.90. The highest BCUT2D eigenvalue weighted by Gasteiger charge is 2.49. The lowest BCUT2D eigenvalue weighted by Gasteiger charge is -2.24. The van der Waals surface area contributed by atoms with Crippen LogP contribution in [0.5, 0.6) is 0 Å². The molecule has 1 aliphatic rings. The van der Waals surface area contributed by atoms with Crippen molar-refractivity contribution in [3.8, 4) is 0 Å². The van der Waals surface area contributed by atoms with Crippen LogP contribution in [0, 0.1) is 0 Å². The van der Waals surface area contributed by atoms with Crippen LogP contribution in [0.3, 0.4) is 0 Å². The summed E-state index contributed by atoms with van der Waals surface area (Å²) in [5.74, 6) is -1.59. The van der Waals surface area contributed by atoms with Crippen LogP contribution in [0.2, 0.25) is 0 Å². The molecule has 26 heavy (non-hydrogen) atoms. The topological polar surface area (TPSA) is 108 Å². The number of carbonyl (C=O) groups is 3. The fraction of sp³-hybridized carbons (Fsp3) is 0.500. The Morgan fingerprint density at radius 1 is 1.27 bits per heavy atom. The predicted molar refractivity (Wildman–Crippen MR) is 101 cm³/mol. The first kappa shape index (κ1) is 20.3. The van der Waals surface area contributed by atoms with Crippen LogP contribution in [0.15, 0.2) is 30.3 Å². The molecule has 1 aliphatic heterocycles. The summed E-state index contributed by atoms with van der Waals surface area (Å²) in [4.78, 5) is 36.4. The van der Waals surface area contributed by atoms with Crippen LogP contribution in [0.4, 0.5) is 0 Å². The van der Waals surface area contributed by atoms with Gasteiger partial charge in [0.25, 0.3) is 0 Å². The number of carbonyl (C=O) groups excluding carboxylic acids is 2. The number of nitrogens with one attached hydrogen (secondary N) is 3. The molecule has 1 saturated heterocycles. The van der Waals surface area contributed by atoms with E-state index in [0.717, 1.165) is 5.56 Å². The Morgan fingerprint density at radius 3 is 2.46 bits per heavy atom. The Morgan fingerprint density at radius 2 is 1.92 bits per heavy atom. The number of thioether (sulfide) groups is 1. The maximum absolute atomic E-state index is 12.5. The van der Waals surface area contributed by atoms with Crippen molar-refractivity contribution in [3.63, 3.8) is 0 Å². The van der Waals surface area contributed by atoms with Crippen molar-refractivity contribution < 1.29 is 19.5 Å². The van der Waals surface area contributed by atoms with Crippen LogP contribution in [-0.2, 0) is 20.8 Å². The third kappa shape index (κ3) is 4.98. The smallest absolute Gasteiger partial charge is 0.322 e. The number of amides is 2. The molecule has 0 aromatic heterocycles. The van der Waals surface area contributed by atoms with Crippen LogP contribution < -0.4 is 16.0 Å². The summed E-state index contributed by atoms with van der Waals surface area (Å²) in [6.07, 6.45) is 0.153. The molecule has 2 rings (SSSR count). The second-order valence-electron chi connectivity index (χ2n) is 6.68. The first-order chi connectivity index (χ1) is 12.2. The normalized spacial score (nSPS) is 22.4. The lowest BCUT2D eigenvalue weighted by atomic mass is 10.0. The van der Waals surface area contributed by atoms with Gasteiger partial charge in [-0.2, -0.15) is 0 Å². The van der Waals surface area contributed by atoms with Gasteiger partial charge in [-0.1, -0.05) is 30.3 Å². The number of hydrogen-bond acceptors (Lipinski definition) is 5. The van der Waals surface area contributed by atoms with Gasteiger partial charge in [0.05, 0.1) is 11.8 Å². The zero-order chi connectivity index (χ0) is 19.3. The summed E-state index contributed by atoms with van der Waals surface area (Å²) >= 11 is 1.35. The van der Waals surface area contributed by atoms with E-state index in [1.807, 2.05) is 44.2 Å². The minimum atomic E-state index is -0.977. The molecule has 0 saturated carbocycles. The minimum Gasteiger partial charge on any atom is -0.480 e. The van der Waals surface area contributed by atoms with Gasteiger partial charge >= 0.3 is 5.97 Å². The zero-order valence-corrected chi connectivity index (χ0v) is 15.9. The first-order valence-electron chi connectivity index (χ1n) is 8.52. The zero-order valence-electron chi connectivity index (χ0n) is 15.1. The molecule has 0 bridgehead atoms. The Balaban J connectivity index is 2.12. The summed E-state index contributed by atoms with van der Waals surface area (Å²) in [5, 5.41) is 17.3. The number of carboxylic acids is 1. The second kappa shape index (κ2) is 8.55. The third-order valence-corrected chi connectivity index (χ3v) is 5.67. The van der Waals surface area contributed by atoms with Gasteiger partial charge in [-0.15, -0.1) is 11.8 Å². The quantitative estimate of drug-likeness (QED) is 0.557. The number of benzene rings is 1. The first-order valence-corrected chi connectivity index (χ1v) is 9.40. The number of aliphatic carboxylic acids is 1. The molecule has 0 spiro atoms. The van der Waals surface area contributed by atoms with Crippen molar-refractivity contribution in [2.24, 2.45) is 0 Å². The Kier molecular flexibility index (Phi) is 6.66. The average molecular weight is 379 g/mol. The van der Waals surface area contributed by atoms with Gasteiger partial charge in [-0.05, 0) is 26.3 Å². The average Bonchev–Trinajstić information content (AvgIpc) is 2.89. The molecule has 0 aliphatic carbocycles. The lowest BCUT2D eigenvalue weighted by Crippen LogP contribution is -2.57. The Bertz CT molecular complexity index is 666. The summed E-state index contributed by atoms with van der Waals surface area (Å²) in [6.45, 7) is 5.83. The van der Waals surface area contributed by atoms with Crippen LogP contribution in [0.1, 0.15) is 26.3 Å². The SMILES string of the molecule is CCNC(=O)[C@@H](NC(=O)Cc1ccccc1)[C@@H]1N[C@@H](C(=O)O)C(C)(C)S1. The summed E-state index contributed by atoms with van der Waals surface area (Å²) in [7, 11) is 0. The van der Waals surface area contributed by atoms with Gasteiger partial charge < -0.3 is 15.7 Å². The molecular formula is C18H25N3O4S. The van der Waals surface area contributed by atoms with E-state index in [-0.39, 0.29) is 18.2 Å². The number of carboxylic acid groups (broad SMARTS) is 1. The number of rotatable bonds is 7. The highest BCUT2D eigenvalue weighted by Crippen LogP contribution is 2.39. The van der Waals surface area contributed by atoms with Crippen molar-refractivity contribution >= 4 is 29.5 Å². The van der Waals surface area contributed by atoms with Crippen molar-refractivity contribution in [1.82, 2.24) is 16.0 Å². The van der Waals surface area contributed by atoms with E-state index in [0.29, 0.717) is 6.54 Å². The van der Waals surface area contributed by atoms with Gasteiger partial charge in [-0.25, -0.2) is 0 Å². The molecule has 142 valence electrons. The highest BCUT2D eigenvalue weighted by atomic mass is 32.2. The van der Waals surface area contributed by atoms with Gasteiger partial charge in [0.1, 0.15) is 12.1 Å². The van der Waals surface area contributed by atoms with Crippen molar-refractivity contribution in [2.75, 3.05) is 6.54 Å². The molecule has 2 amide bonds. The van der Waals surface area contributed by atoms with Gasteiger partial charge in [0, 0.05) is 11.3 Å². The van der Waals surface area contributed by atoms with Crippen LogP contribution in [0.25, 0.3) is 0 Å². The van der Waals surface area contributed by atoms with Crippen molar-refractivity contribution in [1.29, 1.82) is 0 Å². The molecule has 4 N–H and O–H groups in total. The highest BCUT2D eigenvalue weighted by molar-refractivity contribution is 8.01. The standard InChI is InChI=1S/C18H25N3O4S/c1-4-19-15(23)13(16-21-14(17(24)25)18(2,3)26-16)20-12(22)10-11-8-6-5-7-9-11/h5-9,13-14,16,21H,4,10H2,1-3H3,(H,19,23)(H,20,22)(H,24,25)/t13-,14+,16-/m1/s1. The minimum absolute atomic E-state index is 0.153. The van der Waals surface area contributed by atoms with E-state index in [1.54, 1.807) is 6.92 Å². The molecular weight excluding hydrogens is 354 g/mol. The van der Waals surface area contributed by atoms with Gasteiger partial charge in [-0.3, -0.25) is 19.7 Å². The maximum Gasteiger partial charge on any atom is 0.322 e. The molecule has 0 unspecified atom stereocenters. The summed E-state index contributed by atoms with van der Waals surface area (Å²) < 4.78 is -0.606.